The SMILES string of the molecule is CC(C)C(CNS(=O)(=O)c1ccc(C=O)o1)C(C)C. The Bertz CT molecular complexity index is 509. The van der Waals surface area contributed by atoms with Crippen molar-refractivity contribution in [2.45, 2.75) is 32.8 Å². The maximum atomic E-state index is 12.0. The molecule has 5 nitrogen and oxygen atoms in total. The Kier molecular flexibility index (Phi) is 5.31. The van der Waals surface area contributed by atoms with Crippen LogP contribution in [0.25, 0.3) is 0 Å². The summed E-state index contributed by atoms with van der Waals surface area (Å²) in [6.07, 6.45) is 0.476. The molecule has 0 aliphatic carbocycles. The van der Waals surface area contributed by atoms with Crippen molar-refractivity contribution < 1.29 is 17.6 Å². The highest BCUT2D eigenvalue weighted by molar-refractivity contribution is 7.89. The second-order valence-electron chi connectivity index (χ2n) is 5.28. The van der Waals surface area contributed by atoms with Crippen LogP contribution in [0, 0.1) is 17.8 Å². The maximum Gasteiger partial charge on any atom is 0.273 e. The van der Waals surface area contributed by atoms with Crippen LogP contribution in [0.15, 0.2) is 21.6 Å². The molecule has 108 valence electrons. The monoisotopic (exact) mass is 287 g/mol. The summed E-state index contributed by atoms with van der Waals surface area (Å²) in [6, 6.07) is 2.62. The van der Waals surface area contributed by atoms with E-state index in [9.17, 15) is 13.2 Å². The Labute approximate surface area is 114 Å². The molecule has 0 spiro atoms. The first-order valence-corrected chi connectivity index (χ1v) is 7.81. The first-order chi connectivity index (χ1) is 8.77. The van der Waals surface area contributed by atoms with E-state index in [-0.39, 0.29) is 16.8 Å². The van der Waals surface area contributed by atoms with Crippen LogP contribution in [0.2, 0.25) is 0 Å². The number of carbonyl (C=O) groups excluding carboxylic acids is 1. The molecule has 19 heavy (non-hydrogen) atoms. The molecule has 1 heterocycles. The fourth-order valence-corrected chi connectivity index (χ4v) is 3.07. The smallest absolute Gasteiger partial charge is 0.273 e. The third-order valence-corrected chi connectivity index (χ3v) is 4.50. The van der Waals surface area contributed by atoms with Crippen LogP contribution < -0.4 is 4.72 Å². The second-order valence-corrected chi connectivity index (χ2v) is 6.98. The van der Waals surface area contributed by atoms with Crippen LogP contribution in [-0.2, 0) is 10.0 Å². The predicted octanol–water partition coefficient (Wildman–Crippen LogP) is 2.30. The van der Waals surface area contributed by atoms with Gasteiger partial charge in [0, 0.05) is 6.54 Å². The minimum absolute atomic E-state index is 0.00430. The topological polar surface area (TPSA) is 76.4 Å². The van der Waals surface area contributed by atoms with Crippen LogP contribution in [-0.4, -0.2) is 21.2 Å². The molecule has 0 aliphatic rings. The number of carbonyl (C=O) groups is 1. The van der Waals surface area contributed by atoms with Gasteiger partial charge in [0.1, 0.15) is 0 Å². The molecule has 0 unspecified atom stereocenters. The largest absolute Gasteiger partial charge is 0.440 e. The zero-order valence-electron chi connectivity index (χ0n) is 11.7. The van der Waals surface area contributed by atoms with Gasteiger partial charge in [-0.1, -0.05) is 27.7 Å². The molecule has 0 amide bonds. The molecule has 0 fully saturated rings. The Morgan fingerprint density at radius 1 is 1.21 bits per heavy atom. The third kappa shape index (κ3) is 4.18. The lowest BCUT2D eigenvalue weighted by atomic mass is 9.86. The quantitative estimate of drug-likeness (QED) is 0.781. The van der Waals surface area contributed by atoms with E-state index in [1.54, 1.807) is 0 Å². The number of nitrogens with one attached hydrogen (secondary N) is 1. The van der Waals surface area contributed by atoms with E-state index in [1.807, 2.05) is 0 Å². The third-order valence-electron chi connectivity index (χ3n) is 3.20. The van der Waals surface area contributed by atoms with Crippen LogP contribution in [0.1, 0.15) is 38.2 Å². The number of hydrogen-bond donors (Lipinski definition) is 1. The molecule has 0 atom stereocenters. The summed E-state index contributed by atoms with van der Waals surface area (Å²) in [7, 11) is -3.69. The molecular formula is C13H21NO4S. The van der Waals surface area contributed by atoms with Crippen molar-refractivity contribution in [3.05, 3.63) is 17.9 Å². The van der Waals surface area contributed by atoms with Crippen LogP contribution >= 0.6 is 0 Å². The number of sulfonamides is 1. The predicted molar refractivity (Wildman–Crippen MR) is 72.5 cm³/mol. The molecular weight excluding hydrogens is 266 g/mol. The van der Waals surface area contributed by atoms with Crippen LogP contribution in [0.3, 0.4) is 0 Å². The zero-order valence-corrected chi connectivity index (χ0v) is 12.5. The molecule has 0 bridgehead atoms. The van der Waals surface area contributed by atoms with Crippen molar-refractivity contribution in [1.29, 1.82) is 0 Å². The molecule has 1 N–H and O–H groups in total. The fourth-order valence-electron chi connectivity index (χ4n) is 2.06. The Balaban J connectivity index is 2.77. The highest BCUT2D eigenvalue weighted by Crippen LogP contribution is 2.20. The van der Waals surface area contributed by atoms with E-state index in [2.05, 4.69) is 32.4 Å². The highest BCUT2D eigenvalue weighted by atomic mass is 32.2. The molecule has 1 aromatic heterocycles. The molecule has 1 rings (SSSR count). The number of aldehydes is 1. The molecule has 0 aromatic carbocycles. The van der Waals surface area contributed by atoms with Gasteiger partial charge in [0.15, 0.2) is 12.0 Å². The van der Waals surface area contributed by atoms with Gasteiger partial charge in [0.25, 0.3) is 10.0 Å². The Hall–Kier alpha value is -1.14. The summed E-state index contributed by atoms with van der Waals surface area (Å²) >= 11 is 0. The molecule has 0 saturated heterocycles. The number of rotatable bonds is 7. The zero-order chi connectivity index (χ0) is 14.6. The normalized spacial score (nSPS) is 12.6. The standard InChI is InChI=1S/C13H21NO4S/c1-9(2)12(10(3)4)7-14-19(16,17)13-6-5-11(8-15)18-13/h5-6,8-10,12,14H,7H2,1-4H3. The first-order valence-electron chi connectivity index (χ1n) is 6.32. The van der Waals surface area contributed by atoms with Gasteiger partial charge in [0.2, 0.25) is 5.09 Å². The van der Waals surface area contributed by atoms with Gasteiger partial charge in [-0.05, 0) is 29.9 Å². The second kappa shape index (κ2) is 6.34. The summed E-state index contributed by atoms with van der Waals surface area (Å²) in [6.45, 7) is 8.62. The average Bonchev–Trinajstić information content (AvgIpc) is 2.77. The fraction of sp³-hybridized carbons (Fsp3) is 0.615. The van der Waals surface area contributed by atoms with E-state index >= 15 is 0 Å². The number of hydrogen-bond acceptors (Lipinski definition) is 4. The van der Waals surface area contributed by atoms with Crippen LogP contribution in [0.5, 0.6) is 0 Å². The molecule has 6 heteroatoms. The van der Waals surface area contributed by atoms with E-state index < -0.39 is 10.0 Å². The van der Waals surface area contributed by atoms with Crippen molar-refractivity contribution in [2.24, 2.45) is 17.8 Å². The van der Waals surface area contributed by atoms with Gasteiger partial charge in [-0.3, -0.25) is 4.79 Å². The summed E-state index contributed by atoms with van der Waals surface area (Å²) in [4.78, 5) is 10.5. The average molecular weight is 287 g/mol. The van der Waals surface area contributed by atoms with E-state index in [4.69, 9.17) is 4.42 Å². The van der Waals surface area contributed by atoms with Gasteiger partial charge in [0.05, 0.1) is 0 Å². The van der Waals surface area contributed by atoms with Crippen molar-refractivity contribution in [2.75, 3.05) is 6.54 Å². The summed E-state index contributed by atoms with van der Waals surface area (Å²) in [5.74, 6) is 1.01. The minimum atomic E-state index is -3.69. The molecule has 0 saturated carbocycles. The van der Waals surface area contributed by atoms with Gasteiger partial charge in [-0.2, -0.15) is 0 Å². The Morgan fingerprint density at radius 3 is 2.21 bits per heavy atom. The summed E-state index contributed by atoms with van der Waals surface area (Å²) in [5, 5.41) is -0.221. The summed E-state index contributed by atoms with van der Waals surface area (Å²) < 4.78 is 31.5. The van der Waals surface area contributed by atoms with Crippen molar-refractivity contribution in [3.63, 3.8) is 0 Å². The lowest BCUT2D eigenvalue weighted by Crippen LogP contribution is -2.33. The number of furan rings is 1. The van der Waals surface area contributed by atoms with E-state index in [1.165, 1.54) is 12.1 Å². The van der Waals surface area contributed by atoms with Crippen molar-refractivity contribution in [1.82, 2.24) is 4.72 Å². The highest BCUT2D eigenvalue weighted by Gasteiger charge is 2.23. The van der Waals surface area contributed by atoms with Gasteiger partial charge in [-0.15, -0.1) is 0 Å². The minimum Gasteiger partial charge on any atom is -0.440 e. The van der Waals surface area contributed by atoms with Crippen molar-refractivity contribution in [3.8, 4) is 0 Å². The Morgan fingerprint density at radius 2 is 1.79 bits per heavy atom. The maximum absolute atomic E-state index is 12.0. The van der Waals surface area contributed by atoms with Crippen molar-refractivity contribution >= 4 is 16.3 Å². The van der Waals surface area contributed by atoms with E-state index in [0.717, 1.165) is 0 Å². The lowest BCUT2D eigenvalue weighted by molar-refractivity contribution is 0.109. The van der Waals surface area contributed by atoms with Crippen LogP contribution in [0.4, 0.5) is 0 Å². The van der Waals surface area contributed by atoms with Gasteiger partial charge in [-0.25, -0.2) is 13.1 Å². The molecule has 1 aromatic rings. The van der Waals surface area contributed by atoms with Gasteiger partial charge >= 0.3 is 0 Å². The lowest BCUT2D eigenvalue weighted by Gasteiger charge is -2.24. The summed E-state index contributed by atoms with van der Waals surface area (Å²) in [5.41, 5.74) is 0. The molecule has 0 aliphatic heterocycles. The first kappa shape index (κ1) is 15.9. The van der Waals surface area contributed by atoms with Gasteiger partial charge < -0.3 is 4.42 Å². The van der Waals surface area contributed by atoms with E-state index in [0.29, 0.717) is 24.7 Å². The molecule has 0 radical (unpaired) electrons.